The first kappa shape index (κ1) is 18.6. The maximum absolute atomic E-state index is 12.4. The Kier molecular flexibility index (Phi) is 5.44. The molecule has 2 aromatic carbocycles. The molecule has 2 aromatic rings. The summed E-state index contributed by atoms with van der Waals surface area (Å²) in [6.45, 7) is 5.20. The molecule has 3 rings (SSSR count). The molecular formula is C20H24N2O3S. The molecule has 0 unspecified atom stereocenters. The van der Waals surface area contributed by atoms with Gasteiger partial charge in [-0.2, -0.15) is 0 Å². The zero-order chi connectivity index (χ0) is 18.7. The third-order valence-corrected chi connectivity index (χ3v) is 6.36. The van der Waals surface area contributed by atoms with Crippen molar-refractivity contribution in [1.82, 2.24) is 9.62 Å². The largest absolute Gasteiger partial charge is 0.338 e. The van der Waals surface area contributed by atoms with E-state index in [0.717, 1.165) is 17.5 Å². The number of aryl methyl sites for hydroxylation is 2. The van der Waals surface area contributed by atoms with Gasteiger partial charge in [0.25, 0.3) is 0 Å². The second kappa shape index (κ2) is 7.60. The molecule has 0 saturated heterocycles. The van der Waals surface area contributed by atoms with Gasteiger partial charge in [-0.25, -0.2) is 13.1 Å². The Morgan fingerprint density at radius 3 is 2.54 bits per heavy atom. The van der Waals surface area contributed by atoms with Crippen LogP contribution in [-0.2, 0) is 27.8 Å². The molecule has 1 aliphatic heterocycles. The van der Waals surface area contributed by atoms with Gasteiger partial charge in [0.1, 0.15) is 0 Å². The normalized spacial score (nSPS) is 14.2. The Labute approximate surface area is 155 Å². The predicted octanol–water partition coefficient (Wildman–Crippen LogP) is 2.56. The summed E-state index contributed by atoms with van der Waals surface area (Å²) in [4.78, 5) is 14.5. The number of fused-ring (bicyclic) bond motifs is 1. The molecule has 5 nitrogen and oxygen atoms in total. The molecule has 0 saturated carbocycles. The third-order valence-electron chi connectivity index (χ3n) is 4.90. The maximum Gasteiger partial charge on any atom is 0.240 e. The Balaban J connectivity index is 1.56. The SMILES string of the molecule is Cc1ccc(S(=O)(=O)NCCC(=O)N2CCc3ccccc3C2)cc1C. The van der Waals surface area contributed by atoms with Crippen molar-refractivity contribution in [3.63, 3.8) is 0 Å². The highest BCUT2D eigenvalue weighted by Gasteiger charge is 2.21. The van der Waals surface area contributed by atoms with E-state index in [1.807, 2.05) is 32.0 Å². The number of carbonyl (C=O) groups is 1. The molecule has 1 N–H and O–H groups in total. The number of benzene rings is 2. The summed E-state index contributed by atoms with van der Waals surface area (Å²) in [6, 6.07) is 13.2. The van der Waals surface area contributed by atoms with Crippen LogP contribution in [0.4, 0.5) is 0 Å². The summed E-state index contributed by atoms with van der Waals surface area (Å²) >= 11 is 0. The zero-order valence-electron chi connectivity index (χ0n) is 15.2. The van der Waals surface area contributed by atoms with E-state index in [1.165, 1.54) is 11.1 Å². The van der Waals surface area contributed by atoms with Crippen molar-refractivity contribution in [2.24, 2.45) is 0 Å². The lowest BCUT2D eigenvalue weighted by Crippen LogP contribution is -2.38. The fourth-order valence-electron chi connectivity index (χ4n) is 3.12. The first-order valence-corrected chi connectivity index (χ1v) is 10.3. The first-order valence-electron chi connectivity index (χ1n) is 8.78. The molecule has 0 spiro atoms. The summed E-state index contributed by atoms with van der Waals surface area (Å²) in [5.41, 5.74) is 4.43. The molecule has 138 valence electrons. The Morgan fingerprint density at radius 1 is 1.08 bits per heavy atom. The molecule has 1 amide bonds. The number of nitrogens with zero attached hydrogens (tertiary/aromatic N) is 1. The molecule has 0 bridgehead atoms. The highest BCUT2D eigenvalue weighted by molar-refractivity contribution is 7.89. The van der Waals surface area contributed by atoms with Gasteiger partial charge in [0.05, 0.1) is 4.90 Å². The van der Waals surface area contributed by atoms with E-state index in [-0.39, 0.29) is 23.8 Å². The minimum absolute atomic E-state index is 0.0257. The number of rotatable bonds is 5. The molecule has 0 aliphatic carbocycles. The van der Waals surface area contributed by atoms with Gasteiger partial charge in [-0.15, -0.1) is 0 Å². The number of nitrogens with one attached hydrogen (secondary N) is 1. The topological polar surface area (TPSA) is 66.5 Å². The van der Waals surface area contributed by atoms with Gasteiger partial charge in [-0.05, 0) is 54.7 Å². The third kappa shape index (κ3) is 4.14. The number of sulfonamides is 1. The van der Waals surface area contributed by atoms with Crippen LogP contribution in [-0.4, -0.2) is 32.3 Å². The fraction of sp³-hybridized carbons (Fsp3) is 0.350. The number of hydrogen-bond acceptors (Lipinski definition) is 3. The Morgan fingerprint density at radius 2 is 1.81 bits per heavy atom. The lowest BCUT2D eigenvalue weighted by molar-refractivity contribution is -0.131. The standard InChI is InChI=1S/C20H24N2O3S/c1-15-7-8-19(13-16(15)2)26(24,25)21-11-9-20(23)22-12-10-17-5-3-4-6-18(17)14-22/h3-8,13,21H,9-12,14H2,1-2H3. The average Bonchev–Trinajstić information content (AvgIpc) is 2.63. The quantitative estimate of drug-likeness (QED) is 0.877. The van der Waals surface area contributed by atoms with E-state index in [0.29, 0.717) is 13.1 Å². The van der Waals surface area contributed by atoms with Crippen molar-refractivity contribution < 1.29 is 13.2 Å². The van der Waals surface area contributed by atoms with Gasteiger partial charge in [-0.3, -0.25) is 4.79 Å². The smallest absolute Gasteiger partial charge is 0.240 e. The van der Waals surface area contributed by atoms with E-state index in [1.54, 1.807) is 23.1 Å². The molecule has 26 heavy (non-hydrogen) atoms. The minimum Gasteiger partial charge on any atom is -0.338 e. The summed E-state index contributed by atoms with van der Waals surface area (Å²) in [7, 11) is -3.60. The summed E-state index contributed by atoms with van der Waals surface area (Å²) < 4.78 is 27.3. The summed E-state index contributed by atoms with van der Waals surface area (Å²) in [5, 5.41) is 0. The van der Waals surface area contributed by atoms with Crippen LogP contribution in [0.25, 0.3) is 0 Å². The number of amides is 1. The van der Waals surface area contributed by atoms with Crippen LogP contribution >= 0.6 is 0 Å². The van der Waals surface area contributed by atoms with Crippen molar-refractivity contribution in [3.8, 4) is 0 Å². The monoisotopic (exact) mass is 372 g/mol. The summed E-state index contributed by atoms with van der Waals surface area (Å²) in [6.07, 6.45) is 1.00. The van der Waals surface area contributed by atoms with Crippen LogP contribution < -0.4 is 4.72 Å². The second-order valence-electron chi connectivity index (χ2n) is 6.73. The minimum atomic E-state index is -3.60. The van der Waals surface area contributed by atoms with Crippen LogP contribution in [0.5, 0.6) is 0 Å². The highest BCUT2D eigenvalue weighted by Crippen LogP contribution is 2.19. The number of hydrogen-bond donors (Lipinski definition) is 1. The zero-order valence-corrected chi connectivity index (χ0v) is 16.0. The van der Waals surface area contributed by atoms with Gasteiger partial charge in [0, 0.05) is 26.1 Å². The lowest BCUT2D eigenvalue weighted by Gasteiger charge is -2.29. The average molecular weight is 372 g/mol. The second-order valence-corrected chi connectivity index (χ2v) is 8.49. The molecule has 0 atom stereocenters. The van der Waals surface area contributed by atoms with Crippen LogP contribution in [0.2, 0.25) is 0 Å². The van der Waals surface area contributed by atoms with Gasteiger partial charge >= 0.3 is 0 Å². The first-order chi connectivity index (χ1) is 12.4. The van der Waals surface area contributed by atoms with Crippen LogP contribution in [0.3, 0.4) is 0 Å². The Hall–Kier alpha value is -2.18. The van der Waals surface area contributed by atoms with E-state index in [9.17, 15) is 13.2 Å². The van der Waals surface area contributed by atoms with Crippen LogP contribution in [0.15, 0.2) is 47.4 Å². The van der Waals surface area contributed by atoms with Gasteiger partial charge in [0.2, 0.25) is 15.9 Å². The van der Waals surface area contributed by atoms with E-state index < -0.39 is 10.0 Å². The molecule has 6 heteroatoms. The molecule has 1 aliphatic rings. The van der Waals surface area contributed by atoms with E-state index in [4.69, 9.17) is 0 Å². The van der Waals surface area contributed by atoms with Crippen molar-refractivity contribution in [2.75, 3.05) is 13.1 Å². The van der Waals surface area contributed by atoms with Crippen molar-refractivity contribution in [1.29, 1.82) is 0 Å². The van der Waals surface area contributed by atoms with Crippen molar-refractivity contribution in [2.45, 2.75) is 38.1 Å². The summed E-state index contributed by atoms with van der Waals surface area (Å²) in [5.74, 6) is -0.0257. The van der Waals surface area contributed by atoms with E-state index >= 15 is 0 Å². The predicted molar refractivity (Wildman–Crippen MR) is 101 cm³/mol. The lowest BCUT2D eigenvalue weighted by atomic mass is 10.00. The molecular weight excluding hydrogens is 348 g/mol. The highest BCUT2D eigenvalue weighted by atomic mass is 32.2. The molecule has 1 heterocycles. The van der Waals surface area contributed by atoms with Gasteiger partial charge in [-0.1, -0.05) is 30.3 Å². The maximum atomic E-state index is 12.4. The Bertz CT molecular complexity index is 922. The number of carbonyl (C=O) groups excluding carboxylic acids is 1. The van der Waals surface area contributed by atoms with Crippen molar-refractivity contribution >= 4 is 15.9 Å². The van der Waals surface area contributed by atoms with Crippen LogP contribution in [0, 0.1) is 13.8 Å². The van der Waals surface area contributed by atoms with Crippen molar-refractivity contribution in [3.05, 3.63) is 64.7 Å². The van der Waals surface area contributed by atoms with Crippen LogP contribution in [0.1, 0.15) is 28.7 Å². The fourth-order valence-corrected chi connectivity index (χ4v) is 4.24. The molecule has 0 fully saturated rings. The van der Waals surface area contributed by atoms with Gasteiger partial charge in [0.15, 0.2) is 0 Å². The van der Waals surface area contributed by atoms with Gasteiger partial charge < -0.3 is 4.90 Å². The van der Waals surface area contributed by atoms with E-state index in [2.05, 4.69) is 10.8 Å². The molecule has 0 aromatic heterocycles. The molecule has 0 radical (unpaired) electrons.